The molecule has 0 radical (unpaired) electrons. The fourth-order valence-electron chi connectivity index (χ4n) is 3.07. The molecule has 100 valence electrons. The third kappa shape index (κ3) is 2.85. The summed E-state index contributed by atoms with van der Waals surface area (Å²) in [6.45, 7) is 2.43. The monoisotopic (exact) mass is 247 g/mol. The van der Waals surface area contributed by atoms with Crippen molar-refractivity contribution in [2.75, 3.05) is 46.6 Å². The van der Waals surface area contributed by atoms with Gasteiger partial charge in [-0.25, -0.2) is 0 Å². The average Bonchev–Trinajstić information content (AvgIpc) is 2.76. The van der Waals surface area contributed by atoms with Gasteiger partial charge in [0.25, 0.3) is 0 Å². The number of rotatable bonds is 4. The van der Waals surface area contributed by atoms with Gasteiger partial charge in [-0.1, -0.05) is 12.1 Å². The predicted molar refractivity (Wildman–Crippen MR) is 78.0 cm³/mol. The maximum Gasteiger partial charge on any atom is 0.0382 e. The molecular weight excluding hydrogens is 222 g/mol. The van der Waals surface area contributed by atoms with Gasteiger partial charge >= 0.3 is 0 Å². The number of benzene rings is 1. The van der Waals surface area contributed by atoms with E-state index in [2.05, 4.69) is 60.5 Å². The average molecular weight is 247 g/mol. The second kappa shape index (κ2) is 5.72. The number of hydrogen-bond acceptors (Lipinski definition) is 3. The highest BCUT2D eigenvalue weighted by Crippen LogP contribution is 2.33. The lowest BCUT2D eigenvalue weighted by atomic mass is 9.91. The summed E-state index contributed by atoms with van der Waals surface area (Å²) in [4.78, 5) is 4.79. The summed E-state index contributed by atoms with van der Waals surface area (Å²) in [6.07, 6.45) is 1.30. The molecule has 0 aliphatic carbocycles. The van der Waals surface area contributed by atoms with E-state index in [1.54, 1.807) is 0 Å². The molecule has 1 heterocycles. The van der Waals surface area contributed by atoms with Crippen LogP contribution in [0.25, 0.3) is 0 Å². The number of hydrogen-bond donors (Lipinski definition) is 1. The molecule has 0 bridgehead atoms. The van der Waals surface area contributed by atoms with Crippen molar-refractivity contribution >= 4 is 5.69 Å². The number of anilines is 1. The zero-order valence-electron chi connectivity index (χ0n) is 12.0. The SMILES string of the molecule is CNc1ccc(C(C2CCN(C)C2)N(C)C)cc1. The Kier molecular flexibility index (Phi) is 4.25. The van der Waals surface area contributed by atoms with E-state index in [1.165, 1.54) is 30.8 Å². The van der Waals surface area contributed by atoms with Crippen LogP contribution in [-0.4, -0.2) is 51.1 Å². The van der Waals surface area contributed by atoms with E-state index < -0.39 is 0 Å². The van der Waals surface area contributed by atoms with Crippen LogP contribution >= 0.6 is 0 Å². The third-order valence-corrected chi connectivity index (χ3v) is 3.97. The lowest BCUT2D eigenvalue weighted by molar-refractivity contribution is 0.213. The summed E-state index contributed by atoms with van der Waals surface area (Å²) >= 11 is 0. The molecule has 1 fully saturated rings. The van der Waals surface area contributed by atoms with Gasteiger partial charge in [0.2, 0.25) is 0 Å². The third-order valence-electron chi connectivity index (χ3n) is 3.97. The van der Waals surface area contributed by atoms with E-state index in [9.17, 15) is 0 Å². The van der Waals surface area contributed by atoms with Crippen LogP contribution in [0.15, 0.2) is 24.3 Å². The molecule has 1 aliphatic heterocycles. The van der Waals surface area contributed by atoms with Crippen LogP contribution in [0, 0.1) is 5.92 Å². The summed E-state index contributed by atoms with van der Waals surface area (Å²) in [6, 6.07) is 9.39. The fraction of sp³-hybridized carbons (Fsp3) is 0.600. The minimum absolute atomic E-state index is 0.529. The van der Waals surface area contributed by atoms with Crippen molar-refractivity contribution in [3.63, 3.8) is 0 Å². The van der Waals surface area contributed by atoms with Crippen molar-refractivity contribution in [1.29, 1.82) is 0 Å². The van der Waals surface area contributed by atoms with Gasteiger partial charge in [-0.05, 0) is 57.7 Å². The first kappa shape index (κ1) is 13.4. The fourth-order valence-corrected chi connectivity index (χ4v) is 3.07. The van der Waals surface area contributed by atoms with Gasteiger partial charge in [-0.2, -0.15) is 0 Å². The van der Waals surface area contributed by atoms with Crippen LogP contribution in [0.1, 0.15) is 18.0 Å². The minimum Gasteiger partial charge on any atom is -0.388 e. The molecule has 0 saturated carbocycles. The minimum atomic E-state index is 0.529. The van der Waals surface area contributed by atoms with Crippen LogP contribution in [0.4, 0.5) is 5.69 Å². The van der Waals surface area contributed by atoms with Gasteiger partial charge in [0.15, 0.2) is 0 Å². The highest BCUT2D eigenvalue weighted by molar-refractivity contribution is 5.44. The van der Waals surface area contributed by atoms with Crippen LogP contribution in [-0.2, 0) is 0 Å². The van der Waals surface area contributed by atoms with E-state index in [1.807, 2.05) is 7.05 Å². The van der Waals surface area contributed by atoms with Crippen LogP contribution in [0.2, 0.25) is 0 Å². The predicted octanol–water partition coefficient (Wildman–Crippen LogP) is 2.28. The van der Waals surface area contributed by atoms with Gasteiger partial charge in [0, 0.05) is 25.3 Å². The zero-order valence-corrected chi connectivity index (χ0v) is 12.0. The van der Waals surface area contributed by atoms with Crippen LogP contribution in [0.3, 0.4) is 0 Å². The molecule has 1 aromatic rings. The quantitative estimate of drug-likeness (QED) is 0.880. The van der Waals surface area contributed by atoms with E-state index in [4.69, 9.17) is 0 Å². The smallest absolute Gasteiger partial charge is 0.0382 e. The van der Waals surface area contributed by atoms with Gasteiger partial charge in [-0.3, -0.25) is 0 Å². The molecule has 1 saturated heterocycles. The molecule has 0 amide bonds. The molecule has 0 aromatic heterocycles. The molecule has 2 atom stereocenters. The number of nitrogens with zero attached hydrogens (tertiary/aromatic N) is 2. The van der Waals surface area contributed by atoms with E-state index in [-0.39, 0.29) is 0 Å². The molecule has 18 heavy (non-hydrogen) atoms. The summed E-state index contributed by atoms with van der Waals surface area (Å²) in [7, 11) is 8.56. The van der Waals surface area contributed by atoms with Gasteiger partial charge < -0.3 is 15.1 Å². The van der Waals surface area contributed by atoms with Crippen LogP contribution < -0.4 is 5.32 Å². The Hall–Kier alpha value is -1.06. The molecule has 3 nitrogen and oxygen atoms in total. The van der Waals surface area contributed by atoms with E-state index >= 15 is 0 Å². The van der Waals surface area contributed by atoms with Crippen molar-refractivity contribution in [3.05, 3.63) is 29.8 Å². The lowest BCUT2D eigenvalue weighted by Gasteiger charge is -2.30. The standard InChI is InChI=1S/C15H25N3/c1-16-14-7-5-12(6-8-14)15(17(2)3)13-9-10-18(4)11-13/h5-8,13,15-16H,9-11H2,1-4H3. The van der Waals surface area contributed by atoms with E-state index in [0.29, 0.717) is 6.04 Å². The Bertz CT molecular complexity index is 372. The van der Waals surface area contributed by atoms with Crippen molar-refractivity contribution < 1.29 is 0 Å². The van der Waals surface area contributed by atoms with Crippen molar-refractivity contribution in [2.24, 2.45) is 5.92 Å². The van der Waals surface area contributed by atoms with Gasteiger partial charge in [0.05, 0.1) is 0 Å². The van der Waals surface area contributed by atoms with Crippen molar-refractivity contribution in [3.8, 4) is 0 Å². The zero-order chi connectivity index (χ0) is 13.1. The summed E-state index contributed by atoms with van der Waals surface area (Å²) in [5.74, 6) is 0.741. The first-order valence-corrected chi connectivity index (χ1v) is 6.74. The van der Waals surface area contributed by atoms with Gasteiger partial charge in [0.1, 0.15) is 0 Å². The molecule has 3 heteroatoms. The van der Waals surface area contributed by atoms with Crippen LogP contribution in [0.5, 0.6) is 0 Å². The second-order valence-corrected chi connectivity index (χ2v) is 5.59. The summed E-state index contributed by atoms with van der Waals surface area (Å²) < 4.78 is 0. The highest BCUT2D eigenvalue weighted by Gasteiger charge is 2.30. The first-order valence-electron chi connectivity index (χ1n) is 6.74. The topological polar surface area (TPSA) is 18.5 Å². The number of likely N-dealkylation sites (tertiary alicyclic amines) is 1. The Labute approximate surface area is 111 Å². The van der Waals surface area contributed by atoms with Gasteiger partial charge in [-0.15, -0.1) is 0 Å². The second-order valence-electron chi connectivity index (χ2n) is 5.59. The van der Waals surface area contributed by atoms with E-state index in [0.717, 1.165) is 5.92 Å². The molecule has 1 aliphatic rings. The molecule has 1 aromatic carbocycles. The first-order chi connectivity index (χ1) is 8.61. The summed E-state index contributed by atoms with van der Waals surface area (Å²) in [5.41, 5.74) is 2.61. The maximum atomic E-state index is 3.18. The molecule has 1 N–H and O–H groups in total. The molecule has 2 rings (SSSR count). The molecule has 2 unspecified atom stereocenters. The summed E-state index contributed by atoms with van der Waals surface area (Å²) in [5, 5.41) is 3.18. The highest BCUT2D eigenvalue weighted by atomic mass is 15.2. The molecular formula is C15H25N3. The Balaban J connectivity index is 2.18. The molecule has 0 spiro atoms. The largest absolute Gasteiger partial charge is 0.388 e. The normalized spacial score (nSPS) is 22.4. The van der Waals surface area contributed by atoms with Crippen molar-refractivity contribution in [2.45, 2.75) is 12.5 Å². The van der Waals surface area contributed by atoms with Crippen molar-refractivity contribution in [1.82, 2.24) is 9.80 Å². The number of nitrogens with one attached hydrogen (secondary N) is 1. The Morgan fingerprint density at radius 2 is 1.94 bits per heavy atom. The Morgan fingerprint density at radius 3 is 2.39 bits per heavy atom. The lowest BCUT2D eigenvalue weighted by Crippen LogP contribution is -2.29. The maximum absolute atomic E-state index is 3.18. The Morgan fingerprint density at radius 1 is 1.28 bits per heavy atom.